The summed E-state index contributed by atoms with van der Waals surface area (Å²) in [6.07, 6.45) is -0.721. The van der Waals surface area contributed by atoms with E-state index in [1.807, 2.05) is 0 Å². The Bertz CT molecular complexity index is 1080. The minimum atomic E-state index is -3.73. The third kappa shape index (κ3) is 5.30. The van der Waals surface area contributed by atoms with Crippen LogP contribution in [-0.2, 0) is 24.3 Å². The van der Waals surface area contributed by atoms with Crippen molar-refractivity contribution in [1.29, 1.82) is 0 Å². The molecular formula is C23H28N2O7S. The van der Waals surface area contributed by atoms with Gasteiger partial charge in [-0.2, -0.15) is 0 Å². The van der Waals surface area contributed by atoms with Gasteiger partial charge in [0, 0.05) is 30.8 Å². The van der Waals surface area contributed by atoms with E-state index in [1.165, 1.54) is 12.1 Å². The van der Waals surface area contributed by atoms with Crippen molar-refractivity contribution in [3.8, 4) is 5.75 Å². The van der Waals surface area contributed by atoms with Crippen molar-refractivity contribution in [2.75, 3.05) is 31.6 Å². The summed E-state index contributed by atoms with van der Waals surface area (Å²) in [4.78, 5) is 12.4. The molecule has 178 valence electrons. The Kier molecular flexibility index (Phi) is 7.18. The van der Waals surface area contributed by atoms with Crippen molar-refractivity contribution < 1.29 is 32.5 Å². The third-order valence-electron chi connectivity index (χ3n) is 5.85. The topological polar surface area (TPSA) is 123 Å². The number of amides is 1. The number of benzene rings is 2. The molecule has 0 bridgehead atoms. The summed E-state index contributed by atoms with van der Waals surface area (Å²) in [6, 6.07) is 13.3. The molecule has 33 heavy (non-hydrogen) atoms. The molecule has 1 saturated heterocycles. The number of aliphatic hydroxyl groups excluding tert-OH is 1. The molecule has 3 N–H and O–H groups in total. The molecule has 2 aromatic rings. The highest BCUT2D eigenvalue weighted by Gasteiger charge is 2.46. The van der Waals surface area contributed by atoms with Crippen LogP contribution in [0.25, 0.3) is 0 Å². The van der Waals surface area contributed by atoms with Crippen LogP contribution in [0.3, 0.4) is 0 Å². The first-order valence-corrected chi connectivity index (χ1v) is 12.3. The van der Waals surface area contributed by atoms with Gasteiger partial charge in [0.2, 0.25) is 5.91 Å². The van der Waals surface area contributed by atoms with Gasteiger partial charge >= 0.3 is 0 Å². The highest BCUT2D eigenvalue weighted by molar-refractivity contribution is 7.92. The number of fused-ring (bicyclic) bond motifs is 3. The Labute approximate surface area is 193 Å². The van der Waals surface area contributed by atoms with Crippen molar-refractivity contribution in [3.63, 3.8) is 0 Å². The lowest BCUT2D eigenvalue weighted by Gasteiger charge is -2.37. The van der Waals surface area contributed by atoms with Gasteiger partial charge < -0.3 is 24.6 Å². The van der Waals surface area contributed by atoms with Gasteiger partial charge in [-0.1, -0.05) is 18.2 Å². The lowest BCUT2D eigenvalue weighted by Crippen LogP contribution is -2.47. The van der Waals surface area contributed by atoms with Crippen molar-refractivity contribution in [3.05, 3.63) is 54.1 Å². The molecule has 0 aromatic heterocycles. The van der Waals surface area contributed by atoms with Gasteiger partial charge in [-0.15, -0.1) is 0 Å². The molecule has 2 heterocycles. The van der Waals surface area contributed by atoms with E-state index in [1.54, 1.807) is 43.5 Å². The molecule has 1 amide bonds. The smallest absolute Gasteiger partial charge is 0.261 e. The summed E-state index contributed by atoms with van der Waals surface area (Å²) in [5, 5.41) is 12.6. The maximum absolute atomic E-state index is 12.7. The minimum Gasteiger partial charge on any atom is -0.487 e. The van der Waals surface area contributed by atoms with Crippen LogP contribution < -0.4 is 14.8 Å². The normalized spacial score (nSPS) is 23.8. The van der Waals surface area contributed by atoms with Crippen LogP contribution in [0.1, 0.15) is 24.3 Å². The Hall–Kier alpha value is -2.66. The predicted octanol–water partition coefficient (Wildman–Crippen LogP) is 1.63. The molecule has 0 radical (unpaired) electrons. The van der Waals surface area contributed by atoms with E-state index < -0.39 is 28.3 Å². The van der Waals surface area contributed by atoms with E-state index in [0.717, 1.165) is 5.56 Å². The lowest BCUT2D eigenvalue weighted by atomic mass is 9.84. The van der Waals surface area contributed by atoms with E-state index >= 15 is 0 Å². The van der Waals surface area contributed by atoms with E-state index in [9.17, 15) is 18.3 Å². The number of hydrogen-bond donors (Lipinski definition) is 3. The largest absolute Gasteiger partial charge is 0.487 e. The molecule has 10 heteroatoms. The Balaban J connectivity index is 1.51. The zero-order valence-corrected chi connectivity index (χ0v) is 19.1. The second-order valence-corrected chi connectivity index (χ2v) is 9.80. The molecule has 1 fully saturated rings. The fourth-order valence-corrected chi connectivity index (χ4v) is 5.41. The van der Waals surface area contributed by atoms with Crippen LogP contribution in [0.15, 0.2) is 53.4 Å². The first-order valence-electron chi connectivity index (χ1n) is 10.8. The first-order chi connectivity index (χ1) is 15.9. The molecule has 2 aliphatic rings. The maximum Gasteiger partial charge on any atom is 0.261 e. The van der Waals surface area contributed by atoms with Crippen molar-refractivity contribution in [2.45, 2.75) is 42.0 Å². The lowest BCUT2D eigenvalue weighted by molar-refractivity contribution is -0.142. The fourth-order valence-electron chi connectivity index (χ4n) is 4.34. The second kappa shape index (κ2) is 10.1. The van der Waals surface area contributed by atoms with Crippen LogP contribution in [-0.4, -0.2) is 64.6 Å². The zero-order chi connectivity index (χ0) is 23.4. The predicted molar refractivity (Wildman–Crippen MR) is 121 cm³/mol. The summed E-state index contributed by atoms with van der Waals surface area (Å²) in [5.74, 6) is 0.333. The maximum atomic E-state index is 12.7. The van der Waals surface area contributed by atoms with Gasteiger partial charge in [0.05, 0.1) is 30.6 Å². The van der Waals surface area contributed by atoms with Crippen molar-refractivity contribution >= 4 is 21.6 Å². The molecule has 2 aliphatic heterocycles. The molecule has 2 aromatic carbocycles. The Morgan fingerprint density at radius 1 is 1.21 bits per heavy atom. The van der Waals surface area contributed by atoms with Gasteiger partial charge in [-0.25, -0.2) is 8.42 Å². The highest BCUT2D eigenvalue weighted by atomic mass is 32.2. The Morgan fingerprint density at radius 2 is 2.00 bits per heavy atom. The van der Waals surface area contributed by atoms with Crippen LogP contribution in [0, 0.1) is 0 Å². The van der Waals surface area contributed by atoms with E-state index in [0.29, 0.717) is 31.0 Å². The van der Waals surface area contributed by atoms with Gasteiger partial charge in [-0.3, -0.25) is 9.52 Å². The Morgan fingerprint density at radius 3 is 2.73 bits per heavy atom. The molecule has 0 aliphatic carbocycles. The number of hydrogen-bond acceptors (Lipinski definition) is 7. The van der Waals surface area contributed by atoms with Crippen molar-refractivity contribution in [1.82, 2.24) is 5.32 Å². The highest BCUT2D eigenvalue weighted by Crippen LogP contribution is 2.47. The zero-order valence-electron chi connectivity index (χ0n) is 18.3. The van der Waals surface area contributed by atoms with Gasteiger partial charge in [-0.05, 0) is 36.8 Å². The number of rotatable bonds is 9. The summed E-state index contributed by atoms with van der Waals surface area (Å²) in [6.45, 7) is 0.586. The number of methoxy groups -OCH3 is 1. The number of carbonyl (C=O) groups is 1. The molecule has 4 atom stereocenters. The summed E-state index contributed by atoms with van der Waals surface area (Å²) < 4.78 is 45.0. The third-order valence-corrected chi connectivity index (χ3v) is 7.24. The molecule has 0 unspecified atom stereocenters. The SMILES string of the molecule is COCCNC(=O)C[C@H]1C[C@@H]2c3cc(NS(=O)(=O)c4ccccc4)ccc3O[C@@H]2[C@@H](CO)O1. The molecule has 0 saturated carbocycles. The van der Waals surface area contributed by atoms with Crippen molar-refractivity contribution in [2.24, 2.45) is 0 Å². The minimum absolute atomic E-state index is 0.135. The average Bonchev–Trinajstić information content (AvgIpc) is 3.17. The average molecular weight is 477 g/mol. The van der Waals surface area contributed by atoms with Crippen LogP contribution in [0.5, 0.6) is 5.75 Å². The number of sulfonamides is 1. The van der Waals surface area contributed by atoms with Crippen LogP contribution in [0.2, 0.25) is 0 Å². The van der Waals surface area contributed by atoms with E-state index in [-0.39, 0.29) is 29.7 Å². The second-order valence-electron chi connectivity index (χ2n) is 8.12. The monoisotopic (exact) mass is 476 g/mol. The number of carbonyl (C=O) groups excluding carboxylic acids is 1. The molecule has 0 spiro atoms. The van der Waals surface area contributed by atoms with Gasteiger partial charge in [0.25, 0.3) is 10.0 Å². The van der Waals surface area contributed by atoms with Gasteiger partial charge in [0.15, 0.2) is 0 Å². The summed E-state index contributed by atoms with van der Waals surface area (Å²) in [7, 11) is -2.17. The quantitative estimate of drug-likeness (QED) is 0.470. The number of ether oxygens (including phenoxy) is 3. The molecular weight excluding hydrogens is 448 g/mol. The van der Waals surface area contributed by atoms with Gasteiger partial charge in [0.1, 0.15) is 18.0 Å². The number of nitrogens with one attached hydrogen (secondary N) is 2. The standard InChI is InChI=1S/C23H28N2O7S/c1-30-10-9-24-22(27)13-16-12-19-18-11-15(25-33(28,29)17-5-3-2-4-6-17)7-8-20(18)32-23(19)21(14-26)31-16/h2-8,11,16,19,21,23,25-26H,9-10,12-14H2,1H3,(H,24,27)/t16-,19-,21-,23+/m1/s1. The summed E-state index contributed by atoms with van der Waals surface area (Å²) >= 11 is 0. The van der Waals surface area contributed by atoms with E-state index in [4.69, 9.17) is 14.2 Å². The number of anilines is 1. The fraction of sp³-hybridized carbons (Fsp3) is 0.435. The molecule has 9 nitrogen and oxygen atoms in total. The van der Waals surface area contributed by atoms with Crippen LogP contribution in [0.4, 0.5) is 5.69 Å². The summed E-state index contributed by atoms with van der Waals surface area (Å²) in [5.41, 5.74) is 1.25. The number of aliphatic hydroxyl groups is 1. The van der Waals surface area contributed by atoms with E-state index in [2.05, 4.69) is 10.0 Å². The van der Waals surface area contributed by atoms with Crippen LogP contribution >= 0.6 is 0 Å². The first kappa shape index (κ1) is 23.5. The molecule has 4 rings (SSSR count).